The Morgan fingerprint density at radius 1 is 1.20 bits per heavy atom. The average Bonchev–Trinajstić information content (AvgIpc) is 3.03. The molecule has 0 aromatic carbocycles. The molecule has 2 heterocycles. The highest BCUT2D eigenvalue weighted by atomic mass is 32.2. The second-order valence-corrected chi connectivity index (χ2v) is 9.47. The van der Waals surface area contributed by atoms with Crippen LogP contribution in [0.4, 0.5) is 0 Å². The summed E-state index contributed by atoms with van der Waals surface area (Å²) < 4.78 is 29.4. The molecule has 1 aliphatic rings. The van der Waals surface area contributed by atoms with Gasteiger partial charge in [-0.25, -0.2) is 8.42 Å². The molecule has 142 valence electrons. The van der Waals surface area contributed by atoms with Crippen LogP contribution in [0, 0.1) is 5.92 Å². The smallest absolute Gasteiger partial charge is 0.287 e. The molecule has 0 bridgehead atoms. The lowest BCUT2D eigenvalue weighted by Gasteiger charge is -2.31. The number of carbonyl (C=O) groups is 1. The summed E-state index contributed by atoms with van der Waals surface area (Å²) in [5.74, 6) is 0.830. The Bertz CT molecular complexity index is 660. The Hall–Kier alpha value is -1.34. The molecule has 0 spiro atoms. The number of likely N-dealkylation sites (tertiary alicyclic amines) is 1. The van der Waals surface area contributed by atoms with Crippen molar-refractivity contribution in [3.05, 3.63) is 23.7 Å². The molecule has 0 saturated carbocycles. The molecule has 0 unspecified atom stereocenters. The minimum atomic E-state index is -3.13. The largest absolute Gasteiger partial charge is 0.454 e. The number of amides is 1. The van der Waals surface area contributed by atoms with E-state index in [9.17, 15) is 13.2 Å². The first-order chi connectivity index (χ1) is 11.8. The number of furan rings is 1. The number of hydrogen-bond donors (Lipinski definition) is 1. The summed E-state index contributed by atoms with van der Waals surface area (Å²) in [5.41, 5.74) is 0. The number of nitrogens with one attached hydrogen (secondary N) is 1. The minimum absolute atomic E-state index is 0.0470. The fraction of sp³-hybridized carbons (Fsp3) is 0.722. The van der Waals surface area contributed by atoms with Crippen LogP contribution in [0.3, 0.4) is 0 Å². The maximum absolute atomic E-state index is 12.2. The Kier molecular flexibility index (Phi) is 7.07. The predicted octanol–water partition coefficient (Wildman–Crippen LogP) is 2.63. The van der Waals surface area contributed by atoms with Crippen molar-refractivity contribution in [3.8, 4) is 0 Å². The van der Waals surface area contributed by atoms with E-state index in [1.54, 1.807) is 6.07 Å². The van der Waals surface area contributed by atoms with Crippen LogP contribution in [-0.2, 0) is 9.84 Å². The van der Waals surface area contributed by atoms with Gasteiger partial charge in [0.05, 0.1) is 17.5 Å². The maximum atomic E-state index is 12.2. The number of rotatable bonds is 8. The van der Waals surface area contributed by atoms with Crippen LogP contribution in [0.15, 0.2) is 16.5 Å². The first kappa shape index (κ1) is 20.0. The van der Waals surface area contributed by atoms with Crippen LogP contribution in [0.1, 0.15) is 62.4 Å². The fourth-order valence-electron chi connectivity index (χ4n) is 3.18. The highest BCUT2D eigenvalue weighted by Gasteiger charge is 2.22. The number of sulfone groups is 1. The van der Waals surface area contributed by atoms with Crippen molar-refractivity contribution in [1.82, 2.24) is 10.2 Å². The van der Waals surface area contributed by atoms with Crippen molar-refractivity contribution in [2.75, 3.05) is 31.1 Å². The molecule has 0 radical (unpaired) electrons. The van der Waals surface area contributed by atoms with Gasteiger partial charge in [-0.3, -0.25) is 9.69 Å². The molecular weight excluding hydrogens is 340 g/mol. The van der Waals surface area contributed by atoms with Crippen molar-refractivity contribution in [1.29, 1.82) is 0 Å². The van der Waals surface area contributed by atoms with Gasteiger partial charge in [-0.05, 0) is 50.9 Å². The lowest BCUT2D eigenvalue weighted by molar-refractivity contribution is 0.0919. The van der Waals surface area contributed by atoms with Gasteiger partial charge < -0.3 is 9.73 Å². The molecule has 1 saturated heterocycles. The SMILES string of the molecule is CC(C)CS(=O)(=O)CCNC(=O)c1ccc([C@H](C)N2CCCCC2)o1. The first-order valence-electron chi connectivity index (χ1n) is 9.11. The van der Waals surface area contributed by atoms with Crippen LogP contribution in [0.5, 0.6) is 0 Å². The van der Waals surface area contributed by atoms with Gasteiger partial charge in [-0.2, -0.15) is 0 Å². The van der Waals surface area contributed by atoms with E-state index in [0.717, 1.165) is 18.8 Å². The number of hydrogen-bond acceptors (Lipinski definition) is 5. The second-order valence-electron chi connectivity index (χ2n) is 7.24. The van der Waals surface area contributed by atoms with Crippen molar-refractivity contribution in [2.24, 2.45) is 5.92 Å². The predicted molar refractivity (Wildman–Crippen MR) is 98.4 cm³/mol. The lowest BCUT2D eigenvalue weighted by Crippen LogP contribution is -2.32. The zero-order valence-electron chi connectivity index (χ0n) is 15.5. The van der Waals surface area contributed by atoms with E-state index in [2.05, 4.69) is 17.1 Å². The van der Waals surface area contributed by atoms with Crippen molar-refractivity contribution < 1.29 is 17.6 Å². The number of carbonyl (C=O) groups excluding carboxylic acids is 1. The molecule has 25 heavy (non-hydrogen) atoms. The van der Waals surface area contributed by atoms with E-state index in [1.807, 2.05) is 19.9 Å². The zero-order valence-corrected chi connectivity index (χ0v) is 16.3. The molecule has 1 fully saturated rings. The van der Waals surface area contributed by atoms with Gasteiger partial charge in [0, 0.05) is 6.54 Å². The summed E-state index contributed by atoms with van der Waals surface area (Å²) >= 11 is 0. The van der Waals surface area contributed by atoms with Crippen molar-refractivity contribution >= 4 is 15.7 Å². The molecule has 1 aromatic heterocycles. The van der Waals surface area contributed by atoms with Gasteiger partial charge in [-0.15, -0.1) is 0 Å². The Labute approximate surface area is 150 Å². The van der Waals surface area contributed by atoms with Gasteiger partial charge in [0.2, 0.25) is 0 Å². The van der Waals surface area contributed by atoms with E-state index in [4.69, 9.17) is 4.42 Å². The van der Waals surface area contributed by atoms with Crippen LogP contribution in [0.2, 0.25) is 0 Å². The fourth-order valence-corrected chi connectivity index (χ4v) is 4.78. The van der Waals surface area contributed by atoms with Crippen LogP contribution in [0.25, 0.3) is 0 Å². The minimum Gasteiger partial charge on any atom is -0.454 e. The van der Waals surface area contributed by atoms with Gasteiger partial charge in [-0.1, -0.05) is 20.3 Å². The first-order valence-corrected chi connectivity index (χ1v) is 10.9. The molecule has 1 aromatic rings. The molecule has 6 nitrogen and oxygen atoms in total. The standard InChI is InChI=1S/C18H30N2O4S/c1-14(2)13-25(22,23)12-9-19-18(21)17-8-7-16(24-17)15(3)20-10-5-4-6-11-20/h7-8,14-15H,4-6,9-13H2,1-3H3,(H,19,21)/t15-/m0/s1. The van der Waals surface area contributed by atoms with E-state index >= 15 is 0 Å². The third-order valence-corrected chi connectivity index (χ3v) is 6.49. The van der Waals surface area contributed by atoms with E-state index in [0.29, 0.717) is 0 Å². The normalized spacial score (nSPS) is 17.6. The van der Waals surface area contributed by atoms with Crippen molar-refractivity contribution in [3.63, 3.8) is 0 Å². The topological polar surface area (TPSA) is 79.6 Å². The maximum Gasteiger partial charge on any atom is 0.287 e. The van der Waals surface area contributed by atoms with Gasteiger partial charge in [0.25, 0.3) is 5.91 Å². The van der Waals surface area contributed by atoms with Crippen LogP contribution in [-0.4, -0.2) is 50.4 Å². The number of piperidine rings is 1. The Balaban J connectivity index is 1.85. The van der Waals surface area contributed by atoms with E-state index < -0.39 is 9.84 Å². The highest BCUT2D eigenvalue weighted by molar-refractivity contribution is 7.91. The quantitative estimate of drug-likeness (QED) is 0.761. The molecular formula is C18H30N2O4S. The third-order valence-electron chi connectivity index (χ3n) is 4.49. The summed E-state index contributed by atoms with van der Waals surface area (Å²) in [4.78, 5) is 14.5. The van der Waals surface area contributed by atoms with Gasteiger partial charge in [0.1, 0.15) is 5.76 Å². The van der Waals surface area contributed by atoms with Gasteiger partial charge >= 0.3 is 0 Å². The summed E-state index contributed by atoms with van der Waals surface area (Å²) in [6.07, 6.45) is 3.67. The molecule has 1 amide bonds. The monoisotopic (exact) mass is 370 g/mol. The van der Waals surface area contributed by atoms with Crippen LogP contribution >= 0.6 is 0 Å². The molecule has 1 N–H and O–H groups in total. The zero-order chi connectivity index (χ0) is 18.4. The van der Waals surface area contributed by atoms with Crippen LogP contribution < -0.4 is 5.32 Å². The Morgan fingerprint density at radius 2 is 1.88 bits per heavy atom. The molecule has 7 heteroatoms. The summed E-state index contributed by atoms with van der Waals surface area (Å²) in [6, 6.07) is 3.64. The third kappa shape index (κ3) is 6.15. The summed E-state index contributed by atoms with van der Waals surface area (Å²) in [5, 5.41) is 2.63. The highest BCUT2D eigenvalue weighted by Crippen LogP contribution is 2.25. The molecule has 0 aliphatic carbocycles. The molecule has 1 atom stereocenters. The summed E-state index contributed by atoms with van der Waals surface area (Å²) in [6.45, 7) is 8.03. The lowest BCUT2D eigenvalue weighted by atomic mass is 10.1. The second kappa shape index (κ2) is 8.85. The van der Waals surface area contributed by atoms with Crippen molar-refractivity contribution in [2.45, 2.75) is 46.1 Å². The Morgan fingerprint density at radius 3 is 2.52 bits per heavy atom. The van der Waals surface area contributed by atoms with Gasteiger partial charge in [0.15, 0.2) is 15.6 Å². The number of nitrogens with zero attached hydrogens (tertiary/aromatic N) is 1. The molecule has 1 aliphatic heterocycles. The summed E-state index contributed by atoms with van der Waals surface area (Å²) in [7, 11) is -3.13. The average molecular weight is 371 g/mol. The van der Waals surface area contributed by atoms with E-state index in [-0.39, 0.29) is 41.7 Å². The van der Waals surface area contributed by atoms with E-state index in [1.165, 1.54) is 19.3 Å². The molecule has 2 rings (SSSR count).